The largest absolute Gasteiger partial charge is 0.335 e. The van der Waals surface area contributed by atoms with Crippen LogP contribution in [0.3, 0.4) is 0 Å². The van der Waals surface area contributed by atoms with E-state index in [0.29, 0.717) is 11.1 Å². The Kier molecular flexibility index (Phi) is 3.47. The molecule has 0 bridgehead atoms. The molecule has 0 amide bonds. The molecule has 1 atom stereocenters. The van der Waals surface area contributed by atoms with Crippen molar-refractivity contribution in [2.75, 3.05) is 5.75 Å². The van der Waals surface area contributed by atoms with Crippen LogP contribution in [0.4, 0.5) is 4.39 Å². The normalized spacial score (nSPS) is 20.2. The third kappa shape index (κ3) is 2.35. The van der Waals surface area contributed by atoms with Crippen LogP contribution >= 0.6 is 0 Å². The first-order valence-electron chi connectivity index (χ1n) is 9.07. The van der Waals surface area contributed by atoms with Gasteiger partial charge in [-0.05, 0) is 61.1 Å². The highest BCUT2D eigenvalue weighted by Gasteiger charge is 2.37. The van der Waals surface area contributed by atoms with Gasteiger partial charge in [0, 0.05) is 11.1 Å². The predicted octanol–water partition coefficient (Wildman–Crippen LogP) is 3.91. The zero-order valence-corrected chi connectivity index (χ0v) is 15.4. The molecule has 2 aromatic carbocycles. The highest BCUT2D eigenvalue weighted by atomic mass is 32.2. The molecular weight excluding hydrogens is 363 g/mol. The number of halogens is 1. The molecule has 6 heteroatoms. The number of aromatic nitrogens is 1. The van der Waals surface area contributed by atoms with Crippen LogP contribution in [-0.4, -0.2) is 18.7 Å². The number of benzene rings is 2. The van der Waals surface area contributed by atoms with Crippen molar-refractivity contribution >= 4 is 20.7 Å². The highest BCUT2D eigenvalue weighted by molar-refractivity contribution is 7.91. The Labute approximate surface area is 156 Å². The van der Waals surface area contributed by atoms with Crippen LogP contribution in [0.2, 0.25) is 0 Å². The summed E-state index contributed by atoms with van der Waals surface area (Å²) in [6, 6.07) is 11.5. The van der Waals surface area contributed by atoms with Gasteiger partial charge in [0.2, 0.25) is 0 Å². The Morgan fingerprint density at radius 3 is 2.59 bits per heavy atom. The molecule has 0 unspecified atom stereocenters. The van der Waals surface area contributed by atoms with Crippen LogP contribution in [-0.2, 0) is 22.7 Å². The molecule has 1 aliphatic carbocycles. The van der Waals surface area contributed by atoms with Crippen molar-refractivity contribution in [1.29, 1.82) is 5.26 Å². The van der Waals surface area contributed by atoms with Gasteiger partial charge in [0.1, 0.15) is 5.82 Å². The van der Waals surface area contributed by atoms with Gasteiger partial charge in [-0.1, -0.05) is 12.1 Å². The van der Waals surface area contributed by atoms with Crippen molar-refractivity contribution < 1.29 is 12.8 Å². The topological polar surface area (TPSA) is 62.9 Å². The molecule has 2 heterocycles. The van der Waals surface area contributed by atoms with Gasteiger partial charge < -0.3 is 4.57 Å². The molecule has 2 aliphatic rings. The van der Waals surface area contributed by atoms with E-state index in [9.17, 15) is 12.8 Å². The first-order chi connectivity index (χ1) is 13.0. The second-order valence-electron chi connectivity index (χ2n) is 7.33. The van der Waals surface area contributed by atoms with Crippen molar-refractivity contribution in [2.24, 2.45) is 0 Å². The van der Waals surface area contributed by atoms with E-state index in [4.69, 9.17) is 5.26 Å². The monoisotopic (exact) mass is 380 g/mol. The van der Waals surface area contributed by atoms with Gasteiger partial charge in [-0.2, -0.15) is 5.26 Å². The average Bonchev–Trinajstić information content (AvgIpc) is 2.99. The quantitative estimate of drug-likeness (QED) is 0.643. The third-order valence-corrected chi connectivity index (χ3v) is 7.52. The lowest BCUT2D eigenvalue weighted by atomic mass is 9.95. The molecule has 1 aromatic heterocycles. The van der Waals surface area contributed by atoms with Crippen molar-refractivity contribution in [1.82, 2.24) is 4.57 Å². The second-order valence-corrected chi connectivity index (χ2v) is 9.34. The van der Waals surface area contributed by atoms with E-state index in [0.717, 1.165) is 54.0 Å². The SMILES string of the molecule is N#Cc1ccc([C@@H]2CS(=O)(=O)c3cc(F)cc4c5c(n2c34)CCCC5)cc1. The Bertz CT molecular complexity index is 1230. The summed E-state index contributed by atoms with van der Waals surface area (Å²) in [6.45, 7) is 0. The Hall–Kier alpha value is -2.65. The lowest BCUT2D eigenvalue weighted by Gasteiger charge is -2.29. The number of rotatable bonds is 1. The van der Waals surface area contributed by atoms with E-state index < -0.39 is 15.7 Å². The van der Waals surface area contributed by atoms with Crippen LogP contribution in [0.25, 0.3) is 10.9 Å². The molecule has 0 radical (unpaired) electrons. The maximum absolute atomic E-state index is 14.2. The van der Waals surface area contributed by atoms with E-state index in [1.165, 1.54) is 6.07 Å². The van der Waals surface area contributed by atoms with Gasteiger partial charge in [0.15, 0.2) is 9.84 Å². The van der Waals surface area contributed by atoms with Crippen molar-refractivity contribution in [2.45, 2.75) is 36.6 Å². The Balaban J connectivity index is 1.86. The Morgan fingerprint density at radius 2 is 1.85 bits per heavy atom. The molecule has 3 aromatic rings. The number of hydrogen-bond donors (Lipinski definition) is 0. The minimum absolute atomic E-state index is 0.0917. The van der Waals surface area contributed by atoms with Crippen LogP contribution < -0.4 is 0 Å². The van der Waals surface area contributed by atoms with Gasteiger partial charge in [-0.15, -0.1) is 0 Å². The van der Waals surface area contributed by atoms with Crippen molar-refractivity contribution in [3.63, 3.8) is 0 Å². The lowest BCUT2D eigenvalue weighted by Crippen LogP contribution is -2.28. The number of nitriles is 1. The fourth-order valence-corrected chi connectivity index (χ4v) is 6.34. The predicted molar refractivity (Wildman–Crippen MR) is 99.9 cm³/mol. The van der Waals surface area contributed by atoms with Crippen LogP contribution in [0.15, 0.2) is 41.3 Å². The summed E-state index contributed by atoms with van der Waals surface area (Å²) < 4.78 is 42.4. The minimum atomic E-state index is -3.61. The molecule has 0 fully saturated rings. The summed E-state index contributed by atoms with van der Waals surface area (Å²) in [4.78, 5) is 0.108. The maximum Gasteiger partial charge on any atom is 0.182 e. The molecule has 4 nitrogen and oxygen atoms in total. The minimum Gasteiger partial charge on any atom is -0.335 e. The fraction of sp³-hybridized carbons (Fsp3) is 0.286. The summed E-state index contributed by atoms with van der Waals surface area (Å²) in [5, 5.41) is 9.78. The van der Waals surface area contributed by atoms with E-state index in [-0.39, 0.29) is 16.7 Å². The number of sulfone groups is 1. The standard InChI is InChI=1S/C21H17FN2O2S/c22-15-9-17-16-3-1-2-4-18(16)24-19(14-7-5-13(11-23)6-8-14)12-27(25,26)20(10-15)21(17)24/h5-10,19H,1-4,12H2/t19-/m0/s1. The number of fused-ring (bicyclic) bond motifs is 3. The third-order valence-electron chi connectivity index (χ3n) is 5.78. The maximum atomic E-state index is 14.2. The molecule has 0 spiro atoms. The summed E-state index contributed by atoms with van der Waals surface area (Å²) >= 11 is 0. The average molecular weight is 380 g/mol. The lowest BCUT2D eigenvalue weighted by molar-refractivity contribution is 0.544. The van der Waals surface area contributed by atoms with E-state index >= 15 is 0 Å². The van der Waals surface area contributed by atoms with Crippen molar-refractivity contribution in [3.05, 3.63) is 64.6 Å². The van der Waals surface area contributed by atoms with Gasteiger partial charge in [-0.25, -0.2) is 12.8 Å². The summed E-state index contributed by atoms with van der Waals surface area (Å²) in [5.74, 6) is -0.589. The smallest absolute Gasteiger partial charge is 0.182 e. The first kappa shape index (κ1) is 16.5. The van der Waals surface area contributed by atoms with Crippen LogP contribution in [0.5, 0.6) is 0 Å². The summed E-state index contributed by atoms with van der Waals surface area (Å²) in [5.41, 5.74) is 4.27. The molecule has 136 valence electrons. The zero-order chi connectivity index (χ0) is 18.8. The Morgan fingerprint density at radius 1 is 1.11 bits per heavy atom. The fourth-order valence-electron chi connectivity index (χ4n) is 4.61. The second kappa shape index (κ2) is 5.67. The number of hydrogen-bond acceptors (Lipinski definition) is 3. The van der Waals surface area contributed by atoms with E-state index in [1.807, 2.05) is 12.1 Å². The summed E-state index contributed by atoms with van der Waals surface area (Å²) in [7, 11) is -3.61. The van der Waals surface area contributed by atoms with Crippen LogP contribution in [0, 0.1) is 17.1 Å². The first-order valence-corrected chi connectivity index (χ1v) is 10.7. The van der Waals surface area contributed by atoms with E-state index in [2.05, 4.69) is 10.6 Å². The van der Waals surface area contributed by atoms with Gasteiger partial charge >= 0.3 is 0 Å². The molecule has 0 saturated heterocycles. The molecule has 1 aliphatic heterocycles. The molecule has 0 saturated carbocycles. The zero-order valence-electron chi connectivity index (χ0n) is 14.6. The summed E-state index contributed by atoms with van der Waals surface area (Å²) in [6.07, 6.45) is 3.81. The molecule has 0 N–H and O–H groups in total. The van der Waals surface area contributed by atoms with Crippen LogP contribution in [0.1, 0.15) is 41.3 Å². The highest BCUT2D eigenvalue weighted by Crippen LogP contribution is 2.43. The van der Waals surface area contributed by atoms with Gasteiger partial charge in [0.25, 0.3) is 0 Å². The molecule has 5 rings (SSSR count). The van der Waals surface area contributed by atoms with Gasteiger partial charge in [-0.3, -0.25) is 0 Å². The molecule has 27 heavy (non-hydrogen) atoms. The molecular formula is C21H17FN2O2S. The number of nitrogens with zero attached hydrogens (tertiary/aromatic N) is 2. The number of aryl methyl sites for hydroxylation is 1. The van der Waals surface area contributed by atoms with E-state index in [1.54, 1.807) is 12.1 Å². The van der Waals surface area contributed by atoms with Gasteiger partial charge in [0.05, 0.1) is 33.8 Å². The van der Waals surface area contributed by atoms with Crippen molar-refractivity contribution in [3.8, 4) is 6.07 Å².